The van der Waals surface area contributed by atoms with E-state index < -0.39 is 0 Å². The fourth-order valence-electron chi connectivity index (χ4n) is 6.21. The first-order chi connectivity index (χ1) is 10.3. The molecule has 4 aliphatic rings. The second-order valence-corrected chi connectivity index (χ2v) is 7.55. The van der Waals surface area contributed by atoms with Crippen molar-refractivity contribution in [2.75, 3.05) is 13.1 Å². The fourth-order valence-corrected chi connectivity index (χ4v) is 6.21. The van der Waals surface area contributed by atoms with Crippen LogP contribution in [0.15, 0.2) is 29.3 Å². The molecule has 0 radical (unpaired) electrons. The third-order valence-electron chi connectivity index (χ3n) is 7.04. The van der Waals surface area contributed by atoms with Crippen molar-refractivity contribution in [3.8, 4) is 0 Å². The van der Waals surface area contributed by atoms with Gasteiger partial charge in [-0.05, 0) is 68.7 Å². The molecule has 1 aromatic rings. The minimum atomic E-state index is 0.269. The summed E-state index contributed by atoms with van der Waals surface area (Å²) in [6.07, 6.45) is 8.06. The van der Waals surface area contributed by atoms with Crippen LogP contribution in [0.5, 0.6) is 0 Å². The van der Waals surface area contributed by atoms with Crippen molar-refractivity contribution in [1.29, 1.82) is 0 Å². The molecule has 3 heterocycles. The Morgan fingerprint density at radius 2 is 2.10 bits per heavy atom. The van der Waals surface area contributed by atoms with Crippen LogP contribution in [0.2, 0.25) is 0 Å². The number of aliphatic imine (C=N–C) groups is 1. The number of hydrogen-bond acceptors (Lipinski definition) is 2. The van der Waals surface area contributed by atoms with E-state index in [0.29, 0.717) is 5.41 Å². The standard InChI is InChI=1S/C19H24N2/c1-2-18-9-5-12-21-13-11-19(17(18)21)14-6-3-4-7-15(14)20-16(19)8-10-18/h3-4,6-7,17H,2,5,8-13H2,1H3. The molecule has 0 N–H and O–H groups in total. The van der Waals surface area contributed by atoms with E-state index in [4.69, 9.17) is 4.99 Å². The molecule has 5 rings (SSSR count). The third-order valence-corrected chi connectivity index (χ3v) is 7.04. The van der Waals surface area contributed by atoms with Crippen LogP contribution >= 0.6 is 0 Å². The van der Waals surface area contributed by atoms with E-state index in [0.717, 1.165) is 6.04 Å². The highest BCUT2D eigenvalue weighted by molar-refractivity contribution is 6.03. The number of hydrogen-bond donors (Lipinski definition) is 0. The Morgan fingerprint density at radius 3 is 3.00 bits per heavy atom. The Morgan fingerprint density at radius 1 is 1.19 bits per heavy atom. The Labute approximate surface area is 127 Å². The van der Waals surface area contributed by atoms with Gasteiger partial charge < -0.3 is 0 Å². The molecule has 1 aliphatic carbocycles. The van der Waals surface area contributed by atoms with Gasteiger partial charge in [-0.1, -0.05) is 25.1 Å². The van der Waals surface area contributed by atoms with Crippen LogP contribution in [-0.2, 0) is 5.41 Å². The lowest BCUT2D eigenvalue weighted by atomic mass is 9.53. The average Bonchev–Trinajstić information content (AvgIpc) is 3.08. The van der Waals surface area contributed by atoms with Crippen molar-refractivity contribution >= 4 is 11.4 Å². The highest BCUT2D eigenvalue weighted by Gasteiger charge is 2.64. The minimum absolute atomic E-state index is 0.269. The molecule has 1 aromatic carbocycles. The Bertz CT molecular complexity index is 634. The van der Waals surface area contributed by atoms with Gasteiger partial charge >= 0.3 is 0 Å². The summed E-state index contributed by atoms with van der Waals surface area (Å²) in [7, 11) is 0. The van der Waals surface area contributed by atoms with Crippen molar-refractivity contribution in [3.63, 3.8) is 0 Å². The van der Waals surface area contributed by atoms with E-state index in [1.807, 2.05) is 0 Å². The number of fused-ring (bicyclic) bond motifs is 1. The summed E-state index contributed by atoms with van der Waals surface area (Å²) in [4.78, 5) is 7.91. The van der Waals surface area contributed by atoms with Gasteiger partial charge in [0, 0.05) is 11.8 Å². The number of nitrogens with zero attached hydrogens (tertiary/aromatic N) is 2. The van der Waals surface area contributed by atoms with Gasteiger partial charge in [-0.15, -0.1) is 0 Å². The third kappa shape index (κ3) is 1.31. The van der Waals surface area contributed by atoms with Crippen LogP contribution in [0.25, 0.3) is 0 Å². The second kappa shape index (κ2) is 3.98. The summed E-state index contributed by atoms with van der Waals surface area (Å²) in [6, 6.07) is 9.70. The smallest absolute Gasteiger partial charge is 0.0671 e. The maximum atomic E-state index is 5.09. The number of benzene rings is 1. The molecule has 110 valence electrons. The zero-order valence-electron chi connectivity index (χ0n) is 12.9. The predicted octanol–water partition coefficient (Wildman–Crippen LogP) is 4.07. The predicted molar refractivity (Wildman–Crippen MR) is 86.4 cm³/mol. The molecule has 3 atom stereocenters. The Balaban J connectivity index is 1.75. The van der Waals surface area contributed by atoms with Gasteiger partial charge in [-0.3, -0.25) is 9.89 Å². The van der Waals surface area contributed by atoms with Gasteiger partial charge in [0.25, 0.3) is 0 Å². The van der Waals surface area contributed by atoms with Crippen molar-refractivity contribution in [2.45, 2.75) is 56.9 Å². The molecule has 2 nitrogen and oxygen atoms in total. The highest BCUT2D eigenvalue weighted by Crippen LogP contribution is 2.62. The summed E-state index contributed by atoms with van der Waals surface area (Å²) >= 11 is 0. The summed E-state index contributed by atoms with van der Waals surface area (Å²) in [5, 5.41) is 0. The molecule has 3 unspecified atom stereocenters. The SMILES string of the molecule is CCC12CCCN3CCC4(C(=Nc5ccccc54)CC1)C32. The van der Waals surface area contributed by atoms with Crippen molar-refractivity contribution in [2.24, 2.45) is 10.4 Å². The molecular formula is C19H24N2. The van der Waals surface area contributed by atoms with Crippen molar-refractivity contribution < 1.29 is 0 Å². The molecule has 0 amide bonds. The fraction of sp³-hybridized carbons (Fsp3) is 0.632. The average molecular weight is 280 g/mol. The molecule has 2 saturated heterocycles. The first-order valence-electron chi connectivity index (χ1n) is 8.72. The molecule has 0 aromatic heterocycles. The van der Waals surface area contributed by atoms with E-state index in [-0.39, 0.29) is 5.41 Å². The quantitative estimate of drug-likeness (QED) is 0.757. The van der Waals surface area contributed by atoms with E-state index in [2.05, 4.69) is 36.1 Å². The molecule has 3 fully saturated rings. The van der Waals surface area contributed by atoms with Crippen LogP contribution in [0.3, 0.4) is 0 Å². The lowest BCUT2D eigenvalue weighted by Gasteiger charge is -2.56. The summed E-state index contributed by atoms with van der Waals surface area (Å²) < 4.78 is 0. The van der Waals surface area contributed by atoms with E-state index >= 15 is 0 Å². The maximum absolute atomic E-state index is 5.09. The largest absolute Gasteiger partial charge is 0.299 e. The number of piperidine rings is 1. The zero-order valence-corrected chi connectivity index (χ0v) is 12.9. The molecular weight excluding hydrogens is 256 g/mol. The molecule has 1 saturated carbocycles. The normalized spacial score (nSPS) is 40.4. The summed E-state index contributed by atoms with van der Waals surface area (Å²) in [5.74, 6) is 0. The zero-order chi connectivity index (χ0) is 14.1. The highest BCUT2D eigenvalue weighted by atomic mass is 15.2. The van der Waals surface area contributed by atoms with Gasteiger partial charge in [-0.25, -0.2) is 0 Å². The molecule has 1 spiro atoms. The van der Waals surface area contributed by atoms with E-state index in [1.54, 1.807) is 5.56 Å². The number of rotatable bonds is 1. The first kappa shape index (κ1) is 12.4. The van der Waals surface area contributed by atoms with Crippen LogP contribution in [0.4, 0.5) is 5.69 Å². The molecule has 0 bridgehead atoms. The van der Waals surface area contributed by atoms with Gasteiger partial charge in [0.2, 0.25) is 0 Å². The molecule has 21 heavy (non-hydrogen) atoms. The lowest BCUT2D eigenvalue weighted by molar-refractivity contribution is 0.00462. The summed E-state index contributed by atoms with van der Waals surface area (Å²) in [6.45, 7) is 5.02. The van der Waals surface area contributed by atoms with E-state index in [1.165, 1.54) is 63.0 Å². The molecule has 3 aliphatic heterocycles. The second-order valence-electron chi connectivity index (χ2n) is 7.55. The van der Waals surface area contributed by atoms with Crippen LogP contribution in [0.1, 0.15) is 51.0 Å². The topological polar surface area (TPSA) is 15.6 Å². The number of para-hydroxylation sites is 1. The van der Waals surface area contributed by atoms with Gasteiger partial charge in [-0.2, -0.15) is 0 Å². The Hall–Kier alpha value is -1.15. The van der Waals surface area contributed by atoms with Gasteiger partial charge in [0.15, 0.2) is 0 Å². The molecule has 2 heteroatoms. The van der Waals surface area contributed by atoms with Crippen LogP contribution in [0, 0.1) is 5.41 Å². The van der Waals surface area contributed by atoms with Crippen LogP contribution in [-0.4, -0.2) is 29.7 Å². The first-order valence-corrected chi connectivity index (χ1v) is 8.72. The van der Waals surface area contributed by atoms with Crippen molar-refractivity contribution in [1.82, 2.24) is 4.90 Å². The Kier molecular flexibility index (Phi) is 2.35. The minimum Gasteiger partial charge on any atom is -0.299 e. The van der Waals surface area contributed by atoms with Crippen molar-refractivity contribution in [3.05, 3.63) is 29.8 Å². The van der Waals surface area contributed by atoms with Crippen LogP contribution < -0.4 is 0 Å². The lowest BCUT2D eigenvalue weighted by Crippen LogP contribution is -2.61. The monoisotopic (exact) mass is 280 g/mol. The van der Waals surface area contributed by atoms with E-state index in [9.17, 15) is 0 Å². The summed E-state index contributed by atoms with van der Waals surface area (Å²) in [5.41, 5.74) is 5.15. The van der Waals surface area contributed by atoms with Gasteiger partial charge in [0.1, 0.15) is 0 Å². The van der Waals surface area contributed by atoms with Gasteiger partial charge in [0.05, 0.1) is 11.1 Å². The maximum Gasteiger partial charge on any atom is 0.0671 e.